The lowest BCUT2D eigenvalue weighted by molar-refractivity contribution is 0.165. The van der Waals surface area contributed by atoms with Crippen LogP contribution in [-0.4, -0.2) is 21.8 Å². The maximum Gasteiger partial charge on any atom is 0.0966 e. The van der Waals surface area contributed by atoms with Crippen LogP contribution < -0.4 is 5.73 Å². The number of hydrogen-bond donors (Lipinski definition) is 3. The fourth-order valence-electron chi connectivity index (χ4n) is 1.58. The summed E-state index contributed by atoms with van der Waals surface area (Å²) < 4.78 is 0. The molecule has 1 aromatic heterocycles. The topological polar surface area (TPSA) is 74.9 Å². The van der Waals surface area contributed by atoms with Gasteiger partial charge in [0.05, 0.1) is 17.5 Å². The van der Waals surface area contributed by atoms with E-state index >= 15 is 0 Å². The number of nitrogens with one attached hydrogen (secondary N) is 1. The van der Waals surface area contributed by atoms with Crippen molar-refractivity contribution >= 4 is 0 Å². The van der Waals surface area contributed by atoms with Crippen LogP contribution in [0.5, 0.6) is 0 Å². The summed E-state index contributed by atoms with van der Waals surface area (Å²) in [5.41, 5.74) is 7.97. The number of aliphatic hydroxyl groups excluding tert-OH is 1. The van der Waals surface area contributed by atoms with Gasteiger partial charge in [0.15, 0.2) is 0 Å². The molecule has 0 fully saturated rings. The van der Waals surface area contributed by atoms with E-state index in [0.717, 1.165) is 11.3 Å². The molecular weight excluding hydrogens is 202 g/mol. The Balaban J connectivity index is 2.20. The fraction of sp³-hybridized carbons (Fsp3) is 0.250. The first kappa shape index (κ1) is 10.9. The molecule has 4 nitrogen and oxygen atoms in total. The van der Waals surface area contributed by atoms with E-state index in [1.54, 1.807) is 0 Å². The summed E-state index contributed by atoms with van der Waals surface area (Å²) in [6.45, 7) is 0.459. The first-order chi connectivity index (χ1) is 7.81. The van der Waals surface area contributed by atoms with Gasteiger partial charge in [0.2, 0.25) is 0 Å². The van der Waals surface area contributed by atoms with Crippen molar-refractivity contribution in [3.05, 3.63) is 42.1 Å². The Labute approximate surface area is 94.1 Å². The number of rotatable bonds is 4. The number of H-pyrrole nitrogens is 1. The minimum atomic E-state index is -0.560. The van der Waals surface area contributed by atoms with Crippen LogP contribution in [0.2, 0.25) is 0 Å². The highest BCUT2D eigenvalue weighted by molar-refractivity contribution is 5.58. The van der Waals surface area contributed by atoms with Crippen molar-refractivity contribution in [1.82, 2.24) is 10.2 Å². The summed E-state index contributed by atoms with van der Waals surface area (Å²) in [4.78, 5) is 0. The number of hydrogen-bond acceptors (Lipinski definition) is 3. The highest BCUT2D eigenvalue weighted by Gasteiger charge is 2.10. The lowest BCUT2D eigenvalue weighted by Gasteiger charge is -2.04. The summed E-state index contributed by atoms with van der Waals surface area (Å²) in [6.07, 6.45) is -0.0221. The molecular formula is C12H15N3O. The van der Waals surface area contributed by atoms with Crippen molar-refractivity contribution in [1.29, 1.82) is 0 Å². The minimum Gasteiger partial charge on any atom is -0.387 e. The van der Waals surface area contributed by atoms with Gasteiger partial charge in [-0.1, -0.05) is 30.3 Å². The second kappa shape index (κ2) is 4.92. The molecule has 1 heterocycles. The predicted octanol–water partition coefficient (Wildman–Crippen LogP) is 1.46. The molecule has 0 amide bonds. The standard InChI is InChI=1S/C12H15N3O/c13-7-6-12(16)11-8-10(14-15-11)9-4-2-1-3-5-9/h1-5,8,12,16H,6-7,13H2,(H,14,15)/t12-/m1/s1. The van der Waals surface area contributed by atoms with Crippen LogP contribution in [0, 0.1) is 0 Å². The molecule has 0 aliphatic heterocycles. The number of aliphatic hydroxyl groups is 1. The van der Waals surface area contributed by atoms with Gasteiger partial charge in [0.25, 0.3) is 0 Å². The van der Waals surface area contributed by atoms with Crippen LogP contribution in [0.25, 0.3) is 11.3 Å². The Morgan fingerprint density at radius 1 is 1.31 bits per heavy atom. The third-order valence-corrected chi connectivity index (χ3v) is 2.47. The van der Waals surface area contributed by atoms with Crippen LogP contribution in [0.3, 0.4) is 0 Å². The quantitative estimate of drug-likeness (QED) is 0.725. The third-order valence-electron chi connectivity index (χ3n) is 2.47. The fourth-order valence-corrected chi connectivity index (χ4v) is 1.58. The zero-order valence-electron chi connectivity index (χ0n) is 8.93. The molecule has 4 N–H and O–H groups in total. The normalized spacial score (nSPS) is 12.6. The van der Waals surface area contributed by atoms with Gasteiger partial charge < -0.3 is 10.8 Å². The third kappa shape index (κ3) is 2.29. The Kier molecular flexibility index (Phi) is 3.34. The lowest BCUT2D eigenvalue weighted by atomic mass is 10.1. The second-order valence-electron chi connectivity index (χ2n) is 3.67. The SMILES string of the molecule is NCC[C@@H](O)c1cc(-c2ccccc2)n[nH]1. The van der Waals surface area contributed by atoms with E-state index in [1.807, 2.05) is 36.4 Å². The highest BCUT2D eigenvalue weighted by Crippen LogP contribution is 2.21. The molecule has 0 radical (unpaired) electrons. The van der Waals surface area contributed by atoms with Crippen LogP contribution in [0.15, 0.2) is 36.4 Å². The van der Waals surface area contributed by atoms with E-state index < -0.39 is 6.10 Å². The first-order valence-electron chi connectivity index (χ1n) is 5.30. The number of nitrogens with zero attached hydrogens (tertiary/aromatic N) is 1. The van der Waals surface area contributed by atoms with Gasteiger partial charge >= 0.3 is 0 Å². The molecule has 0 aliphatic rings. The Morgan fingerprint density at radius 3 is 2.75 bits per heavy atom. The van der Waals surface area contributed by atoms with Crippen LogP contribution in [0.1, 0.15) is 18.2 Å². The van der Waals surface area contributed by atoms with Gasteiger partial charge in [0.1, 0.15) is 0 Å². The average molecular weight is 217 g/mol. The monoisotopic (exact) mass is 217 g/mol. The van der Waals surface area contributed by atoms with Gasteiger partial charge in [-0.3, -0.25) is 5.10 Å². The summed E-state index contributed by atoms with van der Waals surface area (Å²) in [7, 11) is 0. The van der Waals surface area contributed by atoms with E-state index in [9.17, 15) is 5.11 Å². The zero-order chi connectivity index (χ0) is 11.4. The molecule has 0 bridgehead atoms. The number of aromatic nitrogens is 2. The van der Waals surface area contributed by atoms with E-state index in [0.29, 0.717) is 18.7 Å². The van der Waals surface area contributed by atoms with Crippen molar-refractivity contribution in [2.75, 3.05) is 6.54 Å². The molecule has 2 aromatic rings. The first-order valence-corrected chi connectivity index (χ1v) is 5.30. The van der Waals surface area contributed by atoms with Crippen molar-refractivity contribution in [3.63, 3.8) is 0 Å². The number of aromatic amines is 1. The number of nitrogens with two attached hydrogens (primary N) is 1. The van der Waals surface area contributed by atoms with Crippen LogP contribution >= 0.6 is 0 Å². The van der Waals surface area contributed by atoms with Crippen molar-refractivity contribution in [3.8, 4) is 11.3 Å². The van der Waals surface area contributed by atoms with E-state index in [1.165, 1.54) is 0 Å². The maximum atomic E-state index is 9.73. The van der Waals surface area contributed by atoms with Crippen molar-refractivity contribution < 1.29 is 5.11 Å². The Bertz CT molecular complexity index is 439. The molecule has 0 saturated heterocycles. The van der Waals surface area contributed by atoms with Crippen molar-refractivity contribution in [2.24, 2.45) is 5.73 Å². The van der Waals surface area contributed by atoms with E-state index in [4.69, 9.17) is 5.73 Å². The average Bonchev–Trinajstić information content (AvgIpc) is 2.80. The molecule has 16 heavy (non-hydrogen) atoms. The molecule has 1 atom stereocenters. The van der Waals surface area contributed by atoms with Gasteiger partial charge in [0, 0.05) is 5.56 Å². The maximum absolute atomic E-state index is 9.73. The molecule has 0 aliphatic carbocycles. The molecule has 0 spiro atoms. The smallest absolute Gasteiger partial charge is 0.0966 e. The van der Waals surface area contributed by atoms with Gasteiger partial charge in [-0.15, -0.1) is 0 Å². The summed E-state index contributed by atoms with van der Waals surface area (Å²) in [6, 6.07) is 11.7. The molecule has 4 heteroatoms. The molecule has 0 unspecified atom stereocenters. The van der Waals surface area contributed by atoms with Crippen LogP contribution in [0.4, 0.5) is 0 Å². The lowest BCUT2D eigenvalue weighted by Crippen LogP contribution is -2.06. The van der Waals surface area contributed by atoms with Gasteiger partial charge in [-0.05, 0) is 19.0 Å². The molecule has 84 valence electrons. The second-order valence-corrected chi connectivity index (χ2v) is 3.67. The van der Waals surface area contributed by atoms with Crippen molar-refractivity contribution in [2.45, 2.75) is 12.5 Å². The van der Waals surface area contributed by atoms with E-state index in [2.05, 4.69) is 10.2 Å². The van der Waals surface area contributed by atoms with Crippen LogP contribution in [-0.2, 0) is 0 Å². The largest absolute Gasteiger partial charge is 0.387 e. The Hall–Kier alpha value is -1.65. The van der Waals surface area contributed by atoms with Gasteiger partial charge in [-0.2, -0.15) is 5.10 Å². The minimum absolute atomic E-state index is 0.459. The summed E-state index contributed by atoms with van der Waals surface area (Å²) in [5, 5.41) is 16.7. The molecule has 0 saturated carbocycles. The van der Waals surface area contributed by atoms with Gasteiger partial charge in [-0.25, -0.2) is 0 Å². The summed E-state index contributed by atoms with van der Waals surface area (Å²) in [5.74, 6) is 0. The predicted molar refractivity (Wildman–Crippen MR) is 62.7 cm³/mol. The van der Waals surface area contributed by atoms with E-state index in [-0.39, 0.29) is 0 Å². The number of benzene rings is 1. The summed E-state index contributed by atoms with van der Waals surface area (Å²) >= 11 is 0. The molecule has 1 aromatic carbocycles. The highest BCUT2D eigenvalue weighted by atomic mass is 16.3. The zero-order valence-corrected chi connectivity index (χ0v) is 8.93. The molecule has 2 rings (SSSR count). The Morgan fingerprint density at radius 2 is 2.06 bits per heavy atom.